The van der Waals surface area contributed by atoms with Crippen LogP contribution in [-0.2, 0) is 12.8 Å². The van der Waals surface area contributed by atoms with Crippen molar-refractivity contribution in [3.05, 3.63) is 58.2 Å². The Bertz CT molecular complexity index is 1040. The number of benzene rings is 1. The molecule has 0 bridgehead atoms. The number of hydrogen-bond acceptors (Lipinski definition) is 6. The lowest BCUT2D eigenvalue weighted by Crippen LogP contribution is -2.04. The molecule has 1 aliphatic rings. The molecule has 2 heterocycles. The maximum atomic E-state index is 11.9. The molecule has 2 aromatic heterocycles. The van der Waals surface area contributed by atoms with E-state index in [-0.39, 0.29) is 13.0 Å². The zero-order valence-electron chi connectivity index (χ0n) is 24.4. The third kappa shape index (κ3) is 12.9. The molecule has 1 aromatic carbocycles. The fourth-order valence-corrected chi connectivity index (χ4v) is 4.50. The van der Waals surface area contributed by atoms with Gasteiger partial charge in [0.05, 0.1) is 0 Å². The van der Waals surface area contributed by atoms with Crippen LogP contribution in [-0.4, -0.2) is 33.2 Å². The van der Waals surface area contributed by atoms with E-state index in [1.165, 1.54) is 35.4 Å². The van der Waals surface area contributed by atoms with Gasteiger partial charge < -0.3 is 5.11 Å². The minimum absolute atomic E-state index is 0. The van der Waals surface area contributed by atoms with Crippen molar-refractivity contribution in [3.63, 3.8) is 0 Å². The first-order valence-corrected chi connectivity index (χ1v) is 15.1. The van der Waals surface area contributed by atoms with E-state index in [1.807, 2.05) is 44.2 Å². The van der Waals surface area contributed by atoms with Crippen LogP contribution < -0.4 is 0 Å². The highest BCUT2D eigenvalue weighted by Crippen LogP contribution is 2.27. The minimum atomic E-state index is 0. The average Bonchev–Trinajstić information content (AvgIpc) is 3.32. The molecule has 0 saturated carbocycles. The Balaban J connectivity index is 0.000000588. The number of aliphatic hydroxyl groups is 1. The number of pyridine rings is 1. The van der Waals surface area contributed by atoms with Crippen LogP contribution in [0.15, 0.2) is 36.4 Å². The Morgan fingerprint density at radius 1 is 0.921 bits per heavy atom. The average molecular weight is 543 g/mol. The lowest BCUT2D eigenvalue weighted by Gasteiger charge is -2.13. The van der Waals surface area contributed by atoms with E-state index < -0.39 is 0 Å². The van der Waals surface area contributed by atoms with E-state index in [0.717, 1.165) is 60.4 Å². The number of carbonyl (C=O) groups excluding carboxylic acids is 2. The van der Waals surface area contributed by atoms with Crippen molar-refractivity contribution in [1.29, 1.82) is 0 Å². The van der Waals surface area contributed by atoms with Gasteiger partial charge in [0.15, 0.2) is 16.6 Å². The third-order valence-corrected chi connectivity index (χ3v) is 6.47. The fourth-order valence-electron chi connectivity index (χ4n) is 3.59. The van der Waals surface area contributed by atoms with Crippen LogP contribution in [0.4, 0.5) is 0 Å². The number of rotatable bonds is 8. The quantitative estimate of drug-likeness (QED) is 0.287. The van der Waals surface area contributed by atoms with Crippen LogP contribution in [0.5, 0.6) is 0 Å². The van der Waals surface area contributed by atoms with Gasteiger partial charge in [-0.3, -0.25) is 9.59 Å². The Morgan fingerprint density at radius 3 is 2.08 bits per heavy atom. The molecular weight excluding hydrogens is 492 g/mol. The number of unbranched alkanes of at least 4 members (excludes halogenated alkanes) is 1. The van der Waals surface area contributed by atoms with Crippen LogP contribution in [0.2, 0.25) is 0 Å². The zero-order valence-corrected chi connectivity index (χ0v) is 25.2. The van der Waals surface area contributed by atoms with Gasteiger partial charge in [-0.05, 0) is 62.5 Å². The zero-order chi connectivity index (χ0) is 28.3. The largest absolute Gasteiger partial charge is 0.396 e. The molecule has 38 heavy (non-hydrogen) atoms. The number of thiazole rings is 1. The highest BCUT2D eigenvalue weighted by molar-refractivity contribution is 7.19. The lowest BCUT2D eigenvalue weighted by atomic mass is 9.96. The molecule has 6 heteroatoms. The van der Waals surface area contributed by atoms with Gasteiger partial charge in [-0.25, -0.2) is 9.97 Å². The molecule has 0 radical (unpaired) electrons. The van der Waals surface area contributed by atoms with Crippen molar-refractivity contribution in [2.75, 3.05) is 6.61 Å². The number of hydrogen-bond donors (Lipinski definition) is 1. The molecule has 0 saturated heterocycles. The molecule has 5 nitrogen and oxygen atoms in total. The molecule has 0 atom stereocenters. The van der Waals surface area contributed by atoms with Gasteiger partial charge in [0.25, 0.3) is 0 Å². The van der Waals surface area contributed by atoms with Crippen molar-refractivity contribution >= 4 is 33.3 Å². The molecule has 212 valence electrons. The number of aryl methyl sites for hydroxylation is 2. The summed E-state index contributed by atoms with van der Waals surface area (Å²) in [6.45, 7) is 12.9. The number of fused-ring (bicyclic) bond motifs is 2. The van der Waals surface area contributed by atoms with E-state index in [4.69, 9.17) is 5.11 Å². The topological polar surface area (TPSA) is 80.2 Å². The summed E-state index contributed by atoms with van der Waals surface area (Å²) >= 11 is 1.45. The van der Waals surface area contributed by atoms with Crippen molar-refractivity contribution in [2.24, 2.45) is 5.92 Å². The first-order valence-electron chi connectivity index (χ1n) is 14.3. The van der Waals surface area contributed by atoms with E-state index >= 15 is 0 Å². The predicted molar refractivity (Wildman–Crippen MR) is 164 cm³/mol. The van der Waals surface area contributed by atoms with E-state index in [0.29, 0.717) is 24.5 Å². The van der Waals surface area contributed by atoms with Crippen LogP contribution in [0.3, 0.4) is 0 Å². The number of Topliss-reactive ketones (excluding diaryl/α,β-unsaturated/α-hetero) is 2. The van der Waals surface area contributed by atoms with Gasteiger partial charge in [-0.15, -0.1) is 0 Å². The summed E-state index contributed by atoms with van der Waals surface area (Å²) < 4.78 is 0. The van der Waals surface area contributed by atoms with Crippen molar-refractivity contribution < 1.29 is 16.1 Å². The summed E-state index contributed by atoms with van der Waals surface area (Å²) in [5, 5.41) is 8.69. The Labute approximate surface area is 235 Å². The second kappa shape index (κ2) is 19.6. The molecule has 4 rings (SSSR count). The maximum absolute atomic E-state index is 11.9. The molecule has 1 aliphatic carbocycles. The van der Waals surface area contributed by atoms with Crippen molar-refractivity contribution in [1.82, 2.24) is 9.97 Å². The summed E-state index contributed by atoms with van der Waals surface area (Å²) in [6.07, 6.45) is 9.72. The highest BCUT2D eigenvalue weighted by Gasteiger charge is 2.16. The van der Waals surface area contributed by atoms with Gasteiger partial charge in [0, 0.05) is 32.1 Å². The highest BCUT2D eigenvalue weighted by atomic mass is 32.1. The van der Waals surface area contributed by atoms with Gasteiger partial charge in [-0.1, -0.05) is 89.6 Å². The Kier molecular flexibility index (Phi) is 17.3. The number of ketones is 2. The second-order valence-corrected chi connectivity index (χ2v) is 11.1. The van der Waals surface area contributed by atoms with Crippen LogP contribution >= 0.6 is 11.3 Å². The Hall–Kier alpha value is -2.44. The smallest absolute Gasteiger partial charge is 0.191 e. The molecule has 0 aliphatic heterocycles. The van der Waals surface area contributed by atoms with E-state index in [1.54, 1.807) is 0 Å². The van der Waals surface area contributed by atoms with Gasteiger partial charge >= 0.3 is 0 Å². The van der Waals surface area contributed by atoms with Crippen LogP contribution in [0.1, 0.15) is 126 Å². The Morgan fingerprint density at radius 2 is 1.53 bits per heavy atom. The summed E-state index contributed by atoms with van der Waals surface area (Å²) in [7, 11) is 0. The first kappa shape index (κ1) is 33.6. The SMILES string of the molecule is CC(C)C.CCCC(=O)c1ccccc1.CCCC(=O)c1nc2cc3c(nc2s1)CCCC3.CCCCO.[HH]. The number of aromatic nitrogens is 2. The lowest BCUT2D eigenvalue weighted by molar-refractivity contribution is 0.0973. The molecule has 3 aromatic rings. The third-order valence-electron chi connectivity index (χ3n) is 5.46. The normalized spacial score (nSPS) is 11.8. The minimum Gasteiger partial charge on any atom is -0.396 e. The van der Waals surface area contributed by atoms with Crippen LogP contribution in [0.25, 0.3) is 10.3 Å². The molecule has 1 N–H and O–H groups in total. The van der Waals surface area contributed by atoms with Crippen LogP contribution in [0, 0.1) is 5.92 Å². The molecule has 0 amide bonds. The number of nitrogens with zero attached hydrogens (tertiary/aromatic N) is 2. The summed E-state index contributed by atoms with van der Waals surface area (Å²) in [5.41, 5.74) is 4.27. The molecule has 0 spiro atoms. The monoisotopic (exact) mass is 542 g/mol. The van der Waals surface area contributed by atoms with Gasteiger partial charge in [0.1, 0.15) is 10.3 Å². The van der Waals surface area contributed by atoms with Crippen molar-refractivity contribution in [2.45, 2.75) is 106 Å². The fraction of sp³-hybridized carbons (Fsp3) is 0.562. The number of carbonyl (C=O) groups is 2. The number of aliphatic hydroxyl groups excluding tert-OH is 1. The summed E-state index contributed by atoms with van der Waals surface area (Å²) in [6, 6.07) is 11.6. The van der Waals surface area contributed by atoms with Gasteiger partial charge in [0.2, 0.25) is 0 Å². The first-order chi connectivity index (χ1) is 18.3. The van der Waals surface area contributed by atoms with Crippen molar-refractivity contribution in [3.8, 4) is 0 Å². The predicted octanol–water partition coefficient (Wildman–Crippen LogP) is 8.91. The second-order valence-electron chi connectivity index (χ2n) is 10.2. The van der Waals surface area contributed by atoms with E-state index in [9.17, 15) is 9.59 Å². The maximum Gasteiger partial charge on any atom is 0.191 e. The molecule has 0 fully saturated rings. The van der Waals surface area contributed by atoms with E-state index in [2.05, 4.69) is 43.7 Å². The molecule has 0 unspecified atom stereocenters. The standard InChI is InChI=1S/C14H16N2OS.C10H12O.C4H10O.C4H10.H2/c1-2-5-12(17)14-16-11-8-9-6-3-4-7-10(9)15-13(11)18-14;1-2-6-10(11)9-7-4-3-5-8-9;1-2-3-4-5;1-4(2)3;/h8H,2-7H2,1H3;3-5,7-8H,2,6H2,1H3;5H,2-4H2,1H3;4H,1-3H3;1H. The summed E-state index contributed by atoms with van der Waals surface area (Å²) in [4.78, 5) is 33.2. The summed E-state index contributed by atoms with van der Waals surface area (Å²) in [5.74, 6) is 1.23. The molecular formula is C32H50N2O3S. The van der Waals surface area contributed by atoms with Gasteiger partial charge in [-0.2, -0.15) is 0 Å².